The Hall–Kier alpha value is -2.42. The van der Waals surface area contributed by atoms with E-state index in [9.17, 15) is 10.2 Å². The molecule has 8 heteroatoms. The zero-order valence-electron chi connectivity index (χ0n) is 12.7. The van der Waals surface area contributed by atoms with Crippen molar-refractivity contribution in [2.45, 2.75) is 0 Å². The van der Waals surface area contributed by atoms with Crippen LogP contribution in [0.2, 0.25) is 0 Å². The molecule has 24 heavy (non-hydrogen) atoms. The first kappa shape index (κ1) is 19.6. The zero-order valence-corrected chi connectivity index (χ0v) is 15.8. The number of nitrogens with zero attached hydrogens (tertiary/aromatic N) is 2. The largest absolute Gasteiger partial charge is 0.503 e. The molecule has 0 atom stereocenters. The summed E-state index contributed by atoms with van der Waals surface area (Å²) >= 11 is 6.19. The summed E-state index contributed by atoms with van der Waals surface area (Å²) in [6, 6.07) is 9.89. The van der Waals surface area contributed by atoms with Crippen molar-refractivity contribution in [3.8, 4) is 35.1 Å². The number of hydrogen-bond acceptors (Lipinski definition) is 6. The Morgan fingerprint density at radius 3 is 1.38 bits per heavy atom. The number of hydrogen-bond donors (Lipinski definition) is 2. The number of nitriles is 2. The summed E-state index contributed by atoms with van der Waals surface area (Å²) in [4.78, 5) is 0. The Bertz CT molecular complexity index is 757. The lowest BCUT2D eigenvalue weighted by Gasteiger charge is -2.04. The van der Waals surface area contributed by atoms with Gasteiger partial charge in [-0.05, 0) is 44.0 Å². The monoisotopic (exact) mass is 454 g/mol. The van der Waals surface area contributed by atoms with Crippen LogP contribution in [0.4, 0.5) is 0 Å². The number of aromatic hydroxyl groups is 2. The lowest BCUT2D eigenvalue weighted by Crippen LogP contribution is -1.85. The fourth-order valence-corrected chi connectivity index (χ4v) is 2.47. The van der Waals surface area contributed by atoms with Crippen LogP contribution in [0.15, 0.2) is 33.2 Å². The van der Waals surface area contributed by atoms with E-state index in [1.54, 1.807) is 0 Å². The van der Waals surface area contributed by atoms with E-state index in [1.165, 1.54) is 38.5 Å². The molecule has 0 saturated carbocycles. The van der Waals surface area contributed by atoms with E-state index in [0.717, 1.165) is 0 Å². The third-order valence-corrected chi connectivity index (χ3v) is 3.96. The third-order valence-electron chi connectivity index (χ3n) is 2.75. The van der Waals surface area contributed by atoms with E-state index in [-0.39, 0.29) is 11.5 Å². The van der Waals surface area contributed by atoms with E-state index >= 15 is 0 Å². The van der Waals surface area contributed by atoms with E-state index in [4.69, 9.17) is 20.0 Å². The smallest absolute Gasteiger partial charge is 0.172 e. The van der Waals surface area contributed by atoms with Crippen LogP contribution in [0.25, 0.3) is 0 Å². The summed E-state index contributed by atoms with van der Waals surface area (Å²) in [5, 5.41) is 35.8. The van der Waals surface area contributed by atoms with Crippen LogP contribution in [0.1, 0.15) is 11.1 Å². The highest BCUT2D eigenvalue weighted by Gasteiger charge is 2.08. The second-order valence-corrected chi connectivity index (χ2v) is 5.95. The van der Waals surface area contributed by atoms with Gasteiger partial charge in [0.05, 0.1) is 46.4 Å². The SMILES string of the molecule is COc1cc(C#N)cc(Br)c1O.COc1cc(C#N)cc(Br)c1O. The Morgan fingerprint density at radius 2 is 1.12 bits per heavy atom. The molecule has 2 rings (SSSR count). The molecule has 2 N–H and O–H groups in total. The number of phenols is 2. The van der Waals surface area contributed by atoms with Gasteiger partial charge in [-0.25, -0.2) is 0 Å². The van der Waals surface area contributed by atoms with Gasteiger partial charge in [-0.1, -0.05) is 0 Å². The van der Waals surface area contributed by atoms with Crippen LogP contribution >= 0.6 is 31.9 Å². The first-order valence-corrected chi connectivity index (χ1v) is 7.89. The van der Waals surface area contributed by atoms with Crippen LogP contribution < -0.4 is 9.47 Å². The second kappa shape index (κ2) is 9.02. The minimum atomic E-state index is 0.0106. The highest BCUT2D eigenvalue weighted by atomic mass is 79.9. The van der Waals surface area contributed by atoms with Gasteiger partial charge in [-0.2, -0.15) is 10.5 Å². The number of benzene rings is 2. The van der Waals surface area contributed by atoms with E-state index < -0.39 is 0 Å². The molecule has 2 aromatic rings. The predicted octanol–water partition coefficient (Wildman–Crippen LogP) is 4.07. The lowest BCUT2D eigenvalue weighted by atomic mass is 10.2. The van der Waals surface area contributed by atoms with Gasteiger partial charge in [-0.15, -0.1) is 0 Å². The molecule has 6 nitrogen and oxygen atoms in total. The van der Waals surface area contributed by atoms with Crippen LogP contribution in [-0.4, -0.2) is 24.4 Å². The van der Waals surface area contributed by atoms with Crippen molar-refractivity contribution in [2.24, 2.45) is 0 Å². The lowest BCUT2D eigenvalue weighted by molar-refractivity contribution is 0.372. The van der Waals surface area contributed by atoms with Crippen LogP contribution in [0, 0.1) is 22.7 Å². The summed E-state index contributed by atoms with van der Waals surface area (Å²) < 4.78 is 10.6. The second-order valence-electron chi connectivity index (χ2n) is 4.24. The van der Waals surface area contributed by atoms with Crippen LogP contribution in [0.3, 0.4) is 0 Å². The van der Waals surface area contributed by atoms with Gasteiger partial charge in [-0.3, -0.25) is 0 Å². The Kier molecular flexibility index (Phi) is 7.37. The summed E-state index contributed by atoms with van der Waals surface area (Å²) in [6.07, 6.45) is 0. The van der Waals surface area contributed by atoms with Gasteiger partial charge in [0.25, 0.3) is 0 Å². The molecule has 0 aliphatic rings. The summed E-state index contributed by atoms with van der Waals surface area (Å²) in [7, 11) is 2.87. The molecule has 0 aliphatic heterocycles. The average Bonchev–Trinajstić information content (AvgIpc) is 2.59. The molecule has 0 aromatic heterocycles. The predicted molar refractivity (Wildman–Crippen MR) is 94.1 cm³/mol. The molecule has 0 unspecified atom stereocenters. The molecule has 0 radical (unpaired) electrons. The Morgan fingerprint density at radius 1 is 0.792 bits per heavy atom. The fraction of sp³-hybridized carbons (Fsp3) is 0.125. The van der Waals surface area contributed by atoms with Crippen molar-refractivity contribution >= 4 is 31.9 Å². The summed E-state index contributed by atoms with van der Waals surface area (Å²) in [5.41, 5.74) is 0.882. The molecular formula is C16H12Br2N2O4. The molecule has 0 aliphatic carbocycles. The normalized spacial score (nSPS) is 9.08. The van der Waals surface area contributed by atoms with Crippen molar-refractivity contribution in [3.05, 3.63) is 44.3 Å². The molecule has 124 valence electrons. The maximum atomic E-state index is 9.34. The van der Waals surface area contributed by atoms with Gasteiger partial charge in [0.1, 0.15) is 0 Å². The Labute approximate surface area is 155 Å². The quantitative estimate of drug-likeness (QED) is 0.706. The van der Waals surface area contributed by atoms with Gasteiger partial charge >= 0.3 is 0 Å². The average molecular weight is 456 g/mol. The standard InChI is InChI=1S/2C8H6BrNO2/c2*1-12-7-3-5(4-10)2-6(9)8(7)11/h2*2-3,11H,1H3. The first-order valence-electron chi connectivity index (χ1n) is 6.31. The molecule has 0 saturated heterocycles. The number of ether oxygens (including phenoxy) is 2. The molecular weight excluding hydrogens is 444 g/mol. The van der Waals surface area contributed by atoms with E-state index in [2.05, 4.69) is 31.9 Å². The van der Waals surface area contributed by atoms with Crippen molar-refractivity contribution in [1.82, 2.24) is 0 Å². The Balaban J connectivity index is 0.000000240. The fourth-order valence-electron chi connectivity index (χ4n) is 1.59. The molecule has 0 bridgehead atoms. The van der Waals surface area contributed by atoms with Gasteiger partial charge < -0.3 is 19.7 Å². The highest BCUT2D eigenvalue weighted by molar-refractivity contribution is 9.10. The van der Waals surface area contributed by atoms with E-state index in [1.807, 2.05) is 12.1 Å². The molecule has 0 spiro atoms. The highest BCUT2D eigenvalue weighted by Crippen LogP contribution is 2.35. The molecule has 0 fully saturated rings. The van der Waals surface area contributed by atoms with Gasteiger partial charge in [0, 0.05) is 12.1 Å². The molecule has 2 aromatic carbocycles. The van der Waals surface area contributed by atoms with E-state index in [0.29, 0.717) is 31.6 Å². The topological polar surface area (TPSA) is 107 Å². The van der Waals surface area contributed by atoms with Crippen molar-refractivity contribution < 1.29 is 19.7 Å². The summed E-state index contributed by atoms with van der Waals surface area (Å²) in [5.74, 6) is 0.606. The van der Waals surface area contributed by atoms with Gasteiger partial charge in [0.2, 0.25) is 0 Å². The van der Waals surface area contributed by atoms with Gasteiger partial charge in [0.15, 0.2) is 23.0 Å². The van der Waals surface area contributed by atoms with Crippen LogP contribution in [-0.2, 0) is 0 Å². The molecule has 0 heterocycles. The maximum Gasteiger partial charge on any atom is 0.172 e. The number of phenolic OH excluding ortho intramolecular Hbond substituents is 2. The number of halogens is 2. The minimum absolute atomic E-state index is 0.0106. The molecule has 0 amide bonds. The third kappa shape index (κ3) is 4.79. The van der Waals surface area contributed by atoms with Crippen molar-refractivity contribution in [2.75, 3.05) is 14.2 Å². The van der Waals surface area contributed by atoms with Crippen molar-refractivity contribution in [1.29, 1.82) is 10.5 Å². The van der Waals surface area contributed by atoms with Crippen molar-refractivity contribution in [3.63, 3.8) is 0 Å². The van der Waals surface area contributed by atoms with Crippen LogP contribution in [0.5, 0.6) is 23.0 Å². The first-order chi connectivity index (χ1) is 11.4. The minimum Gasteiger partial charge on any atom is -0.503 e. The maximum absolute atomic E-state index is 9.34. The zero-order chi connectivity index (χ0) is 18.3. The number of methoxy groups -OCH3 is 2. The number of rotatable bonds is 2. The summed E-state index contributed by atoms with van der Waals surface area (Å²) in [6.45, 7) is 0.